The highest BCUT2D eigenvalue weighted by Gasteiger charge is 2.47. The lowest BCUT2D eigenvalue weighted by atomic mass is 9.64. The Balaban J connectivity index is 1.65. The highest BCUT2D eigenvalue weighted by molar-refractivity contribution is 6.64. The first kappa shape index (κ1) is 27.8. The second-order valence-electron chi connectivity index (χ2n) is 10.8. The third-order valence-corrected chi connectivity index (χ3v) is 7.69. The van der Waals surface area contributed by atoms with Crippen LogP contribution in [0.15, 0.2) is 24.3 Å². The van der Waals surface area contributed by atoms with Crippen molar-refractivity contribution in [3.63, 3.8) is 0 Å². The molecular formula is C26H37Cl2N3O4. The molecule has 3 rings (SSSR count). The van der Waals surface area contributed by atoms with Crippen molar-refractivity contribution >= 4 is 40.4 Å². The average Bonchev–Trinajstić information content (AvgIpc) is 2.80. The minimum absolute atomic E-state index is 0.248. The van der Waals surface area contributed by atoms with E-state index in [0.717, 1.165) is 31.2 Å². The minimum Gasteiger partial charge on any atom is -0.444 e. The number of alkyl carbamates (subject to hydrolysis) is 1. The van der Waals surface area contributed by atoms with E-state index in [9.17, 15) is 14.4 Å². The van der Waals surface area contributed by atoms with E-state index in [2.05, 4.69) is 10.7 Å². The maximum atomic E-state index is 13.2. The van der Waals surface area contributed by atoms with Gasteiger partial charge in [-0.2, -0.15) is 0 Å². The molecule has 35 heavy (non-hydrogen) atoms. The molecule has 194 valence electrons. The molecule has 2 aliphatic rings. The third-order valence-electron chi connectivity index (χ3n) is 7.06. The second kappa shape index (κ2) is 11.9. The molecule has 0 aromatic heterocycles. The van der Waals surface area contributed by atoms with E-state index in [0.29, 0.717) is 36.9 Å². The number of carbonyl (C=O) groups excluding carboxylic acids is 3. The van der Waals surface area contributed by atoms with Gasteiger partial charge in [0.1, 0.15) is 11.6 Å². The first-order chi connectivity index (χ1) is 16.5. The lowest BCUT2D eigenvalue weighted by Gasteiger charge is -2.45. The SMILES string of the molecule is CC(C)(C)OC(=O)N[C@H](Cc1ccc(Cl)cc1)C(=O)NN1CCC(C(=O)Cl)(C2CCCCC2)CC1. The Morgan fingerprint density at radius 1 is 1.09 bits per heavy atom. The zero-order valence-electron chi connectivity index (χ0n) is 20.9. The number of benzene rings is 1. The molecule has 1 saturated heterocycles. The topological polar surface area (TPSA) is 87.7 Å². The van der Waals surface area contributed by atoms with E-state index in [1.807, 2.05) is 17.1 Å². The number of halogens is 2. The number of hydrogen-bond acceptors (Lipinski definition) is 5. The van der Waals surface area contributed by atoms with Crippen LogP contribution in [0.25, 0.3) is 0 Å². The van der Waals surface area contributed by atoms with Gasteiger partial charge in [0.05, 0.1) is 0 Å². The van der Waals surface area contributed by atoms with E-state index < -0.39 is 23.2 Å². The summed E-state index contributed by atoms with van der Waals surface area (Å²) >= 11 is 12.1. The van der Waals surface area contributed by atoms with Gasteiger partial charge in [-0.25, -0.2) is 9.80 Å². The van der Waals surface area contributed by atoms with Gasteiger partial charge in [-0.1, -0.05) is 43.0 Å². The van der Waals surface area contributed by atoms with Crippen molar-refractivity contribution in [2.24, 2.45) is 11.3 Å². The fraction of sp³-hybridized carbons (Fsp3) is 0.654. The molecule has 0 bridgehead atoms. The van der Waals surface area contributed by atoms with Gasteiger partial charge in [0.2, 0.25) is 5.24 Å². The Morgan fingerprint density at radius 3 is 2.23 bits per heavy atom. The molecule has 9 heteroatoms. The molecule has 2 N–H and O–H groups in total. The van der Waals surface area contributed by atoms with Crippen molar-refractivity contribution in [3.05, 3.63) is 34.9 Å². The fourth-order valence-corrected chi connectivity index (χ4v) is 5.66. The highest BCUT2D eigenvalue weighted by atomic mass is 35.5. The molecule has 0 spiro atoms. The summed E-state index contributed by atoms with van der Waals surface area (Å²) in [4.78, 5) is 38.2. The molecule has 7 nitrogen and oxygen atoms in total. The Morgan fingerprint density at radius 2 is 1.69 bits per heavy atom. The van der Waals surface area contributed by atoms with Gasteiger partial charge >= 0.3 is 6.09 Å². The van der Waals surface area contributed by atoms with Gasteiger partial charge in [0.25, 0.3) is 5.91 Å². The van der Waals surface area contributed by atoms with Crippen LogP contribution in [0, 0.1) is 11.3 Å². The molecule has 2 amide bonds. The Hall–Kier alpha value is -1.83. The van der Waals surface area contributed by atoms with E-state index in [4.69, 9.17) is 27.9 Å². The minimum atomic E-state index is -0.842. The van der Waals surface area contributed by atoms with Crippen LogP contribution in [0.3, 0.4) is 0 Å². The second-order valence-corrected chi connectivity index (χ2v) is 11.5. The van der Waals surface area contributed by atoms with Crippen molar-refractivity contribution in [1.82, 2.24) is 15.8 Å². The van der Waals surface area contributed by atoms with Gasteiger partial charge in [0, 0.05) is 29.9 Å². The van der Waals surface area contributed by atoms with Crippen LogP contribution in [-0.4, -0.2) is 47.0 Å². The summed E-state index contributed by atoms with van der Waals surface area (Å²) in [6.07, 6.45) is 6.41. The Bertz CT molecular complexity index is 887. The first-order valence-corrected chi connectivity index (χ1v) is 13.2. The van der Waals surface area contributed by atoms with Crippen LogP contribution in [-0.2, 0) is 20.7 Å². The van der Waals surface area contributed by atoms with Crippen LogP contribution < -0.4 is 10.7 Å². The molecule has 0 unspecified atom stereocenters. The highest BCUT2D eigenvalue weighted by Crippen LogP contribution is 2.47. The number of hydrazine groups is 1. The number of rotatable bonds is 7. The molecule has 1 heterocycles. The lowest BCUT2D eigenvalue weighted by molar-refractivity contribution is -0.133. The summed E-state index contributed by atoms with van der Waals surface area (Å²) in [7, 11) is 0. The van der Waals surface area contributed by atoms with Crippen molar-refractivity contribution < 1.29 is 19.1 Å². The zero-order chi connectivity index (χ0) is 25.6. The molecule has 2 fully saturated rings. The van der Waals surface area contributed by atoms with Crippen LogP contribution >= 0.6 is 23.2 Å². The van der Waals surface area contributed by atoms with Crippen LogP contribution in [0.4, 0.5) is 4.79 Å². The normalized spacial score (nSPS) is 20.0. The summed E-state index contributed by atoms with van der Waals surface area (Å²) in [5.74, 6) is -0.0289. The molecule has 1 atom stereocenters. The first-order valence-electron chi connectivity index (χ1n) is 12.5. The molecule has 1 saturated carbocycles. The van der Waals surface area contributed by atoms with Gasteiger partial charge in [0.15, 0.2) is 0 Å². The van der Waals surface area contributed by atoms with Crippen molar-refractivity contribution in [2.75, 3.05) is 13.1 Å². The number of hydrogen-bond donors (Lipinski definition) is 2. The van der Waals surface area contributed by atoms with Gasteiger partial charge < -0.3 is 10.1 Å². The zero-order valence-corrected chi connectivity index (χ0v) is 22.4. The molecular weight excluding hydrogens is 489 g/mol. The maximum Gasteiger partial charge on any atom is 0.408 e. The predicted octanol–water partition coefficient (Wildman–Crippen LogP) is 5.23. The molecule has 1 aromatic carbocycles. The number of amides is 2. The summed E-state index contributed by atoms with van der Waals surface area (Å²) in [6, 6.07) is 6.30. The van der Waals surface area contributed by atoms with E-state index >= 15 is 0 Å². The largest absolute Gasteiger partial charge is 0.444 e. The summed E-state index contributed by atoms with van der Waals surface area (Å²) in [5, 5.41) is 4.88. The van der Waals surface area contributed by atoms with Crippen LogP contribution in [0.5, 0.6) is 0 Å². The van der Waals surface area contributed by atoms with Crippen molar-refractivity contribution in [3.8, 4) is 0 Å². The molecule has 1 aliphatic carbocycles. The van der Waals surface area contributed by atoms with Crippen LogP contribution in [0.2, 0.25) is 5.02 Å². The monoisotopic (exact) mass is 525 g/mol. The molecule has 1 aliphatic heterocycles. The van der Waals surface area contributed by atoms with E-state index in [1.54, 1.807) is 32.9 Å². The van der Waals surface area contributed by atoms with Crippen molar-refractivity contribution in [1.29, 1.82) is 0 Å². The van der Waals surface area contributed by atoms with Crippen LogP contribution in [0.1, 0.15) is 71.3 Å². The number of carbonyl (C=O) groups is 3. The number of nitrogens with zero attached hydrogens (tertiary/aromatic N) is 1. The number of nitrogens with one attached hydrogen (secondary N) is 2. The smallest absolute Gasteiger partial charge is 0.408 e. The summed E-state index contributed by atoms with van der Waals surface area (Å²) in [5.41, 5.74) is 2.60. The van der Waals surface area contributed by atoms with Crippen molar-refractivity contribution in [2.45, 2.75) is 83.8 Å². The summed E-state index contributed by atoms with van der Waals surface area (Å²) < 4.78 is 5.37. The standard InChI is InChI=1S/C26H37Cl2N3O4/c1-25(2,3)35-24(34)29-21(17-18-9-11-20(27)12-10-18)22(32)30-31-15-13-26(14-16-31,23(28)33)19-7-5-4-6-8-19/h9-12,19,21H,4-8,13-17H2,1-3H3,(H,29,34)(H,30,32)/t21-/m1/s1. The fourth-order valence-electron chi connectivity index (χ4n) is 5.19. The average molecular weight is 527 g/mol. The van der Waals surface area contributed by atoms with Gasteiger partial charge in [-0.15, -0.1) is 0 Å². The van der Waals surface area contributed by atoms with Gasteiger partial charge in [-0.3, -0.25) is 15.0 Å². The maximum absolute atomic E-state index is 13.2. The lowest BCUT2D eigenvalue weighted by Crippen LogP contribution is -2.57. The quantitative estimate of drug-likeness (QED) is 0.475. The predicted molar refractivity (Wildman–Crippen MR) is 137 cm³/mol. The number of piperidine rings is 1. The molecule has 1 aromatic rings. The van der Waals surface area contributed by atoms with Gasteiger partial charge in [-0.05, 0) is 81.7 Å². The van der Waals surface area contributed by atoms with E-state index in [1.165, 1.54) is 6.42 Å². The third kappa shape index (κ3) is 7.83. The molecule has 0 radical (unpaired) electrons. The Labute approximate surface area is 218 Å². The number of ether oxygens (including phenoxy) is 1. The summed E-state index contributed by atoms with van der Waals surface area (Å²) in [6.45, 7) is 6.36. The Kier molecular flexibility index (Phi) is 9.47. The van der Waals surface area contributed by atoms with E-state index in [-0.39, 0.29) is 17.6 Å².